The van der Waals surface area contributed by atoms with Crippen molar-refractivity contribution in [2.75, 3.05) is 18.8 Å². The summed E-state index contributed by atoms with van der Waals surface area (Å²) in [5.41, 5.74) is 0. The lowest BCUT2D eigenvalue weighted by molar-refractivity contribution is 0.372. The molecular weight excluding hydrogens is 234 g/mol. The number of hydrogen-bond donors (Lipinski definition) is 0. The average Bonchev–Trinajstić information content (AvgIpc) is 2.29. The van der Waals surface area contributed by atoms with Crippen LogP contribution in [-0.4, -0.2) is 31.6 Å². The molecule has 4 heteroatoms. The van der Waals surface area contributed by atoms with Gasteiger partial charge in [0.1, 0.15) is 0 Å². The minimum atomic E-state index is -3.16. The SMILES string of the molecule is C#CCN(CCC)S(=O)(=O)CC1CCCCC1. The number of rotatable bonds is 6. The molecular formula is C13H23NO2S. The summed E-state index contributed by atoms with van der Waals surface area (Å²) < 4.78 is 25.9. The van der Waals surface area contributed by atoms with Crippen LogP contribution in [0.15, 0.2) is 0 Å². The summed E-state index contributed by atoms with van der Waals surface area (Å²) in [6.07, 6.45) is 11.7. The predicted octanol–water partition coefficient (Wildman–Crippen LogP) is 2.24. The fourth-order valence-corrected chi connectivity index (χ4v) is 4.30. The average molecular weight is 257 g/mol. The van der Waals surface area contributed by atoms with Crippen molar-refractivity contribution in [3.8, 4) is 12.3 Å². The smallest absolute Gasteiger partial charge is 0.212 e. The molecule has 0 amide bonds. The summed E-state index contributed by atoms with van der Waals surface area (Å²) in [5, 5.41) is 0. The van der Waals surface area contributed by atoms with Gasteiger partial charge in [0.25, 0.3) is 0 Å². The van der Waals surface area contributed by atoms with Gasteiger partial charge in [0.05, 0.1) is 12.3 Å². The zero-order chi connectivity index (χ0) is 12.7. The normalized spacial score (nSPS) is 18.2. The van der Waals surface area contributed by atoms with Gasteiger partial charge in [-0.15, -0.1) is 6.42 Å². The highest BCUT2D eigenvalue weighted by Crippen LogP contribution is 2.25. The van der Waals surface area contributed by atoms with Crippen molar-refractivity contribution >= 4 is 10.0 Å². The fraction of sp³-hybridized carbons (Fsp3) is 0.846. The van der Waals surface area contributed by atoms with Crippen LogP contribution in [0.2, 0.25) is 0 Å². The molecule has 0 unspecified atom stereocenters. The molecule has 1 aliphatic carbocycles. The first-order valence-corrected chi connectivity index (χ1v) is 8.12. The van der Waals surface area contributed by atoms with Crippen LogP contribution in [0, 0.1) is 18.3 Å². The molecule has 98 valence electrons. The summed E-state index contributed by atoms with van der Waals surface area (Å²) in [4.78, 5) is 0. The molecule has 0 aromatic heterocycles. The van der Waals surface area contributed by atoms with Gasteiger partial charge in [-0.2, -0.15) is 4.31 Å². The van der Waals surface area contributed by atoms with Crippen LogP contribution >= 0.6 is 0 Å². The topological polar surface area (TPSA) is 37.4 Å². The van der Waals surface area contributed by atoms with Crippen LogP contribution in [-0.2, 0) is 10.0 Å². The molecule has 0 radical (unpaired) electrons. The molecule has 1 rings (SSSR count). The maximum atomic E-state index is 12.2. The van der Waals surface area contributed by atoms with E-state index in [1.54, 1.807) is 0 Å². The van der Waals surface area contributed by atoms with E-state index >= 15 is 0 Å². The van der Waals surface area contributed by atoms with Crippen molar-refractivity contribution in [2.24, 2.45) is 5.92 Å². The third-order valence-corrected chi connectivity index (χ3v) is 5.30. The molecule has 0 heterocycles. The maximum absolute atomic E-state index is 12.2. The Kier molecular flexibility index (Phi) is 6.01. The Balaban J connectivity index is 2.60. The Hall–Kier alpha value is -0.530. The first-order chi connectivity index (χ1) is 8.10. The monoisotopic (exact) mass is 257 g/mol. The number of nitrogens with zero attached hydrogens (tertiary/aromatic N) is 1. The second-order valence-electron chi connectivity index (χ2n) is 4.82. The van der Waals surface area contributed by atoms with Crippen LogP contribution in [0.3, 0.4) is 0 Å². The summed E-state index contributed by atoms with van der Waals surface area (Å²) in [7, 11) is -3.16. The molecule has 1 saturated carbocycles. The van der Waals surface area contributed by atoms with E-state index in [1.165, 1.54) is 23.6 Å². The minimum absolute atomic E-state index is 0.211. The van der Waals surface area contributed by atoms with E-state index in [1.807, 2.05) is 6.92 Å². The maximum Gasteiger partial charge on any atom is 0.215 e. The number of terminal acetylenes is 1. The van der Waals surface area contributed by atoms with Crippen molar-refractivity contribution < 1.29 is 8.42 Å². The standard InChI is InChI=1S/C13H23NO2S/c1-3-10-14(11-4-2)17(15,16)12-13-8-6-5-7-9-13/h1,13H,4-12H2,2H3. The fourth-order valence-electron chi connectivity index (χ4n) is 2.42. The van der Waals surface area contributed by atoms with E-state index in [0.717, 1.165) is 19.3 Å². The van der Waals surface area contributed by atoms with Gasteiger partial charge in [-0.25, -0.2) is 8.42 Å². The van der Waals surface area contributed by atoms with E-state index in [0.29, 0.717) is 12.5 Å². The van der Waals surface area contributed by atoms with Gasteiger partial charge in [0.15, 0.2) is 0 Å². The van der Waals surface area contributed by atoms with E-state index in [4.69, 9.17) is 6.42 Å². The molecule has 0 bridgehead atoms. The second kappa shape index (κ2) is 7.03. The van der Waals surface area contributed by atoms with Crippen molar-refractivity contribution in [2.45, 2.75) is 45.4 Å². The van der Waals surface area contributed by atoms with Gasteiger partial charge in [0.2, 0.25) is 10.0 Å². The molecule has 1 aliphatic rings. The van der Waals surface area contributed by atoms with Gasteiger partial charge in [0, 0.05) is 6.54 Å². The summed E-state index contributed by atoms with van der Waals surface area (Å²) >= 11 is 0. The molecule has 0 saturated heterocycles. The lowest BCUT2D eigenvalue weighted by Gasteiger charge is -2.25. The Morgan fingerprint density at radius 2 is 1.94 bits per heavy atom. The van der Waals surface area contributed by atoms with E-state index < -0.39 is 10.0 Å². The van der Waals surface area contributed by atoms with Crippen molar-refractivity contribution in [1.82, 2.24) is 4.31 Å². The molecule has 3 nitrogen and oxygen atoms in total. The van der Waals surface area contributed by atoms with Gasteiger partial charge in [-0.3, -0.25) is 0 Å². The largest absolute Gasteiger partial charge is 0.215 e. The molecule has 17 heavy (non-hydrogen) atoms. The first kappa shape index (κ1) is 14.5. The highest BCUT2D eigenvalue weighted by atomic mass is 32.2. The lowest BCUT2D eigenvalue weighted by Crippen LogP contribution is -2.36. The number of hydrogen-bond acceptors (Lipinski definition) is 2. The van der Waals surface area contributed by atoms with Crippen LogP contribution in [0.1, 0.15) is 45.4 Å². The number of sulfonamides is 1. The van der Waals surface area contributed by atoms with Gasteiger partial charge >= 0.3 is 0 Å². The lowest BCUT2D eigenvalue weighted by atomic mass is 9.91. The first-order valence-electron chi connectivity index (χ1n) is 6.51. The molecule has 0 atom stereocenters. The Morgan fingerprint density at radius 3 is 2.47 bits per heavy atom. The van der Waals surface area contributed by atoms with E-state index in [-0.39, 0.29) is 12.3 Å². The van der Waals surface area contributed by atoms with Crippen molar-refractivity contribution in [3.63, 3.8) is 0 Å². The predicted molar refractivity (Wildman–Crippen MR) is 71.1 cm³/mol. The molecule has 1 fully saturated rings. The summed E-state index contributed by atoms with van der Waals surface area (Å²) in [6.45, 7) is 2.72. The molecule has 0 aromatic rings. The third-order valence-electron chi connectivity index (χ3n) is 3.31. The van der Waals surface area contributed by atoms with Crippen LogP contribution in [0.5, 0.6) is 0 Å². The van der Waals surface area contributed by atoms with Gasteiger partial charge < -0.3 is 0 Å². The summed E-state index contributed by atoms with van der Waals surface area (Å²) in [6, 6.07) is 0. The Morgan fingerprint density at radius 1 is 1.29 bits per heavy atom. The van der Waals surface area contributed by atoms with Crippen molar-refractivity contribution in [3.05, 3.63) is 0 Å². The Labute approximate surface area is 106 Å². The quantitative estimate of drug-likeness (QED) is 0.684. The van der Waals surface area contributed by atoms with Crippen LogP contribution < -0.4 is 0 Å². The molecule has 0 aliphatic heterocycles. The Bertz CT molecular complexity index is 350. The highest BCUT2D eigenvalue weighted by Gasteiger charge is 2.26. The van der Waals surface area contributed by atoms with Gasteiger partial charge in [-0.05, 0) is 25.2 Å². The van der Waals surface area contributed by atoms with Crippen LogP contribution in [0.4, 0.5) is 0 Å². The van der Waals surface area contributed by atoms with E-state index in [9.17, 15) is 8.42 Å². The summed E-state index contributed by atoms with van der Waals surface area (Å²) in [5.74, 6) is 3.07. The minimum Gasteiger partial charge on any atom is -0.212 e. The molecule has 0 N–H and O–H groups in total. The van der Waals surface area contributed by atoms with Crippen molar-refractivity contribution in [1.29, 1.82) is 0 Å². The third kappa shape index (κ3) is 4.69. The zero-order valence-electron chi connectivity index (χ0n) is 10.7. The molecule has 0 spiro atoms. The highest BCUT2D eigenvalue weighted by molar-refractivity contribution is 7.89. The zero-order valence-corrected chi connectivity index (χ0v) is 11.5. The van der Waals surface area contributed by atoms with Gasteiger partial charge in [-0.1, -0.05) is 32.1 Å². The van der Waals surface area contributed by atoms with Crippen LogP contribution in [0.25, 0.3) is 0 Å². The second-order valence-corrected chi connectivity index (χ2v) is 6.83. The van der Waals surface area contributed by atoms with E-state index in [2.05, 4.69) is 5.92 Å². The molecule has 0 aromatic carbocycles.